The number of sulfonamides is 1. The topological polar surface area (TPSA) is 111 Å². The van der Waals surface area contributed by atoms with E-state index in [1.54, 1.807) is 19.1 Å². The Morgan fingerprint density at radius 1 is 1.26 bits per heavy atom. The summed E-state index contributed by atoms with van der Waals surface area (Å²) in [6.45, 7) is 3.39. The number of hydrogen-bond donors (Lipinski definition) is 1. The molecular formula is C17H22N4O5S. The molecule has 0 fully saturated rings. The van der Waals surface area contributed by atoms with Gasteiger partial charge in [0.2, 0.25) is 0 Å². The van der Waals surface area contributed by atoms with E-state index in [1.807, 2.05) is 6.92 Å². The Balaban J connectivity index is 2.30. The molecule has 1 N–H and O–H groups in total. The highest BCUT2D eigenvalue weighted by Gasteiger charge is 2.28. The van der Waals surface area contributed by atoms with Gasteiger partial charge < -0.3 is 10.1 Å². The van der Waals surface area contributed by atoms with E-state index in [0.29, 0.717) is 0 Å². The molecule has 9 nitrogen and oxygen atoms in total. The van der Waals surface area contributed by atoms with Crippen LogP contribution in [0.1, 0.15) is 22.8 Å². The highest BCUT2D eigenvalue weighted by Crippen LogP contribution is 2.25. The standard InChI is InChI=1S/C17H22N4O5S/c1-5-26-15(22)11-18-16(23)14-10-19-20(3)17(14)21(4)27(24,25)13-8-6-12(2)7-9-13/h6-10H,5,11H2,1-4H3,(H,18,23). The average molecular weight is 394 g/mol. The molecule has 10 heteroatoms. The monoisotopic (exact) mass is 394 g/mol. The van der Waals surface area contributed by atoms with Crippen molar-refractivity contribution in [2.75, 3.05) is 24.5 Å². The SMILES string of the molecule is CCOC(=O)CNC(=O)c1cnn(C)c1N(C)S(=O)(=O)c1ccc(C)cc1. The number of benzene rings is 1. The molecule has 0 atom stereocenters. The summed E-state index contributed by atoms with van der Waals surface area (Å²) in [5, 5.41) is 6.38. The van der Waals surface area contributed by atoms with E-state index < -0.39 is 21.9 Å². The van der Waals surface area contributed by atoms with E-state index in [-0.39, 0.29) is 29.4 Å². The summed E-state index contributed by atoms with van der Waals surface area (Å²) in [5.41, 5.74) is 0.955. The lowest BCUT2D eigenvalue weighted by atomic mass is 10.2. The third-order valence-electron chi connectivity index (χ3n) is 3.83. The van der Waals surface area contributed by atoms with Gasteiger partial charge in [-0.25, -0.2) is 8.42 Å². The first-order chi connectivity index (χ1) is 12.7. The molecule has 2 rings (SSSR count). The van der Waals surface area contributed by atoms with E-state index in [9.17, 15) is 18.0 Å². The summed E-state index contributed by atoms with van der Waals surface area (Å²) >= 11 is 0. The van der Waals surface area contributed by atoms with Crippen molar-refractivity contribution in [1.29, 1.82) is 0 Å². The Morgan fingerprint density at radius 2 is 1.89 bits per heavy atom. The molecule has 0 radical (unpaired) electrons. The first-order valence-electron chi connectivity index (χ1n) is 8.20. The summed E-state index contributed by atoms with van der Waals surface area (Å²) in [4.78, 5) is 23.9. The zero-order valence-electron chi connectivity index (χ0n) is 15.6. The number of aryl methyl sites for hydroxylation is 2. The van der Waals surface area contributed by atoms with E-state index in [1.165, 1.54) is 37.1 Å². The summed E-state index contributed by atoms with van der Waals surface area (Å²) < 4.78 is 32.8. The minimum absolute atomic E-state index is 0.0278. The van der Waals surface area contributed by atoms with Crippen LogP contribution >= 0.6 is 0 Å². The molecule has 146 valence electrons. The Labute approximate surface area is 158 Å². The predicted octanol–water partition coefficient (Wildman–Crippen LogP) is 0.847. The summed E-state index contributed by atoms with van der Waals surface area (Å²) in [5.74, 6) is -1.13. The Kier molecular flexibility index (Phi) is 6.21. The van der Waals surface area contributed by atoms with Crippen LogP contribution in [0.5, 0.6) is 0 Å². The van der Waals surface area contributed by atoms with Gasteiger partial charge in [-0.1, -0.05) is 17.7 Å². The maximum absolute atomic E-state index is 12.9. The number of nitrogens with zero attached hydrogens (tertiary/aromatic N) is 3. The fraction of sp³-hybridized carbons (Fsp3) is 0.353. The molecule has 1 aromatic heterocycles. The third-order valence-corrected chi connectivity index (χ3v) is 5.59. The van der Waals surface area contributed by atoms with Gasteiger partial charge in [-0.2, -0.15) is 5.10 Å². The number of carbonyl (C=O) groups excluding carboxylic acids is 2. The normalized spacial score (nSPS) is 11.1. The van der Waals surface area contributed by atoms with Crippen molar-refractivity contribution in [2.45, 2.75) is 18.7 Å². The molecule has 1 amide bonds. The molecule has 0 saturated carbocycles. The van der Waals surface area contributed by atoms with Gasteiger partial charge in [0, 0.05) is 14.1 Å². The Bertz CT molecular complexity index is 935. The Hall–Kier alpha value is -2.88. The molecule has 0 aliphatic heterocycles. The first-order valence-corrected chi connectivity index (χ1v) is 9.64. The van der Waals surface area contributed by atoms with Gasteiger partial charge in [0.1, 0.15) is 12.1 Å². The zero-order valence-corrected chi connectivity index (χ0v) is 16.4. The second-order valence-corrected chi connectivity index (χ2v) is 7.75. The van der Waals surface area contributed by atoms with Crippen molar-refractivity contribution in [3.63, 3.8) is 0 Å². The number of rotatable bonds is 7. The van der Waals surface area contributed by atoms with E-state index >= 15 is 0 Å². The van der Waals surface area contributed by atoms with Crippen LogP contribution in [0.2, 0.25) is 0 Å². The minimum atomic E-state index is -3.90. The zero-order chi connectivity index (χ0) is 20.2. The smallest absolute Gasteiger partial charge is 0.325 e. The molecule has 0 spiro atoms. The van der Waals surface area contributed by atoms with Gasteiger partial charge in [-0.05, 0) is 26.0 Å². The second-order valence-electron chi connectivity index (χ2n) is 5.78. The highest BCUT2D eigenvalue weighted by molar-refractivity contribution is 7.92. The van der Waals surface area contributed by atoms with Crippen LogP contribution in [0.25, 0.3) is 0 Å². The van der Waals surface area contributed by atoms with Crippen LogP contribution < -0.4 is 9.62 Å². The van der Waals surface area contributed by atoms with Crippen LogP contribution in [0.15, 0.2) is 35.4 Å². The molecule has 1 heterocycles. The lowest BCUT2D eigenvalue weighted by molar-refractivity contribution is -0.141. The van der Waals surface area contributed by atoms with Crippen molar-refractivity contribution in [3.05, 3.63) is 41.6 Å². The molecule has 0 aliphatic rings. The van der Waals surface area contributed by atoms with Crippen molar-refractivity contribution in [1.82, 2.24) is 15.1 Å². The number of ether oxygens (including phenoxy) is 1. The molecule has 0 unspecified atom stereocenters. The van der Waals surface area contributed by atoms with Crippen LogP contribution in [0.4, 0.5) is 5.82 Å². The van der Waals surface area contributed by atoms with E-state index in [4.69, 9.17) is 4.74 Å². The fourth-order valence-corrected chi connectivity index (χ4v) is 3.65. The average Bonchev–Trinajstić information content (AvgIpc) is 3.01. The van der Waals surface area contributed by atoms with Crippen molar-refractivity contribution in [2.24, 2.45) is 7.05 Å². The number of nitrogens with one attached hydrogen (secondary N) is 1. The molecule has 1 aromatic carbocycles. The van der Waals surface area contributed by atoms with Crippen LogP contribution in [-0.2, 0) is 26.6 Å². The highest BCUT2D eigenvalue weighted by atomic mass is 32.2. The maximum atomic E-state index is 12.9. The van der Waals surface area contributed by atoms with E-state index in [0.717, 1.165) is 9.87 Å². The maximum Gasteiger partial charge on any atom is 0.325 e. The quantitative estimate of drug-likeness (QED) is 0.697. The predicted molar refractivity (Wildman–Crippen MR) is 98.9 cm³/mol. The van der Waals surface area contributed by atoms with Gasteiger partial charge >= 0.3 is 5.97 Å². The largest absolute Gasteiger partial charge is 0.465 e. The van der Waals surface area contributed by atoms with Gasteiger partial charge in [0.25, 0.3) is 15.9 Å². The van der Waals surface area contributed by atoms with Crippen LogP contribution in [0.3, 0.4) is 0 Å². The van der Waals surface area contributed by atoms with Crippen LogP contribution in [0, 0.1) is 6.92 Å². The number of amides is 1. The molecule has 0 saturated heterocycles. The van der Waals surface area contributed by atoms with Crippen molar-refractivity contribution < 1.29 is 22.7 Å². The minimum Gasteiger partial charge on any atom is -0.465 e. The summed E-state index contributed by atoms with van der Waals surface area (Å²) in [6, 6.07) is 6.38. The van der Waals surface area contributed by atoms with Gasteiger partial charge in [-0.15, -0.1) is 0 Å². The molecule has 2 aromatic rings. The number of esters is 1. The molecular weight excluding hydrogens is 372 g/mol. The third kappa shape index (κ3) is 4.45. The van der Waals surface area contributed by atoms with Gasteiger partial charge in [0.05, 0.1) is 17.7 Å². The van der Waals surface area contributed by atoms with E-state index in [2.05, 4.69) is 10.4 Å². The molecule has 0 bridgehead atoms. The molecule has 0 aliphatic carbocycles. The van der Waals surface area contributed by atoms with Gasteiger partial charge in [-0.3, -0.25) is 18.6 Å². The van der Waals surface area contributed by atoms with Crippen molar-refractivity contribution in [3.8, 4) is 0 Å². The number of anilines is 1. The van der Waals surface area contributed by atoms with Crippen molar-refractivity contribution >= 4 is 27.7 Å². The Morgan fingerprint density at radius 3 is 2.48 bits per heavy atom. The van der Waals surface area contributed by atoms with Gasteiger partial charge in [0.15, 0.2) is 5.82 Å². The summed E-state index contributed by atoms with van der Waals surface area (Å²) in [6.07, 6.45) is 1.25. The number of aromatic nitrogens is 2. The lowest BCUT2D eigenvalue weighted by Gasteiger charge is -2.21. The second kappa shape index (κ2) is 8.21. The fourth-order valence-electron chi connectivity index (χ4n) is 2.41. The number of hydrogen-bond acceptors (Lipinski definition) is 6. The van der Waals surface area contributed by atoms with Crippen LogP contribution in [-0.4, -0.2) is 50.3 Å². The lowest BCUT2D eigenvalue weighted by Crippen LogP contribution is -2.34. The molecule has 27 heavy (non-hydrogen) atoms. The number of carbonyl (C=O) groups is 2. The summed E-state index contributed by atoms with van der Waals surface area (Å²) in [7, 11) is -1.03. The first kappa shape index (κ1) is 20.4.